The maximum absolute atomic E-state index is 12.7. The summed E-state index contributed by atoms with van der Waals surface area (Å²) in [7, 11) is 1.57. The molecule has 1 aromatic carbocycles. The Hall–Kier alpha value is -2.55. The van der Waals surface area contributed by atoms with Crippen LogP contribution in [0, 0.1) is 12.8 Å². The number of thioether (sulfide) groups is 1. The highest BCUT2D eigenvalue weighted by molar-refractivity contribution is 8.00. The van der Waals surface area contributed by atoms with Crippen LogP contribution in [0.15, 0.2) is 23.4 Å². The zero-order valence-corrected chi connectivity index (χ0v) is 18.4. The van der Waals surface area contributed by atoms with Crippen LogP contribution in [0.4, 0.5) is 5.69 Å². The van der Waals surface area contributed by atoms with Crippen LogP contribution in [-0.4, -0.2) is 38.9 Å². The number of amides is 2. The highest BCUT2D eigenvalue weighted by Crippen LogP contribution is 2.28. The Balaban J connectivity index is 2.14. The highest BCUT2D eigenvalue weighted by atomic mass is 32.2. The molecule has 0 fully saturated rings. The molecule has 0 saturated heterocycles. The quantitative estimate of drug-likeness (QED) is 0.573. The van der Waals surface area contributed by atoms with E-state index >= 15 is 0 Å². The smallest absolute Gasteiger partial charge is 0.237 e. The first-order valence-electron chi connectivity index (χ1n) is 9.53. The van der Waals surface area contributed by atoms with E-state index in [1.807, 2.05) is 36.6 Å². The molecular weight excluding hydrogens is 390 g/mol. The van der Waals surface area contributed by atoms with Crippen molar-refractivity contribution in [3.05, 3.63) is 29.6 Å². The fourth-order valence-electron chi connectivity index (χ4n) is 2.74. The number of aromatic nitrogens is 3. The summed E-state index contributed by atoms with van der Waals surface area (Å²) < 4.78 is 7.29. The highest BCUT2D eigenvalue weighted by Gasteiger charge is 2.22. The van der Waals surface area contributed by atoms with Crippen molar-refractivity contribution < 1.29 is 14.3 Å². The van der Waals surface area contributed by atoms with Gasteiger partial charge in [-0.15, -0.1) is 10.2 Å². The van der Waals surface area contributed by atoms with Gasteiger partial charge in [0, 0.05) is 19.4 Å². The average molecular weight is 420 g/mol. The zero-order valence-electron chi connectivity index (χ0n) is 17.6. The lowest BCUT2D eigenvalue weighted by Crippen LogP contribution is -2.23. The number of anilines is 1. The van der Waals surface area contributed by atoms with Crippen LogP contribution in [0.25, 0.3) is 0 Å². The standard InChI is InChI=1S/C20H29N5O3S/c1-12(2)11-25-18(9-8-17(21)26)23-24-20(25)29-14(4)19(27)22-15-10-13(3)6-7-16(15)28-5/h6-7,10,12,14H,8-9,11H2,1-5H3,(H2,21,26)(H,22,27)/t14-/m1/s1. The fourth-order valence-corrected chi connectivity index (χ4v) is 3.62. The molecule has 1 heterocycles. The van der Waals surface area contributed by atoms with E-state index in [1.54, 1.807) is 7.11 Å². The van der Waals surface area contributed by atoms with Crippen molar-refractivity contribution in [1.29, 1.82) is 0 Å². The SMILES string of the molecule is COc1ccc(C)cc1NC(=O)[C@@H](C)Sc1nnc(CCC(N)=O)n1CC(C)C. The van der Waals surface area contributed by atoms with Crippen LogP contribution >= 0.6 is 11.8 Å². The molecule has 0 aliphatic heterocycles. The number of methoxy groups -OCH3 is 1. The van der Waals surface area contributed by atoms with E-state index in [2.05, 4.69) is 29.4 Å². The molecule has 1 atom stereocenters. The first-order chi connectivity index (χ1) is 13.7. The van der Waals surface area contributed by atoms with Gasteiger partial charge in [0.1, 0.15) is 11.6 Å². The average Bonchev–Trinajstić information content (AvgIpc) is 3.01. The second-order valence-electron chi connectivity index (χ2n) is 7.32. The van der Waals surface area contributed by atoms with Crippen LogP contribution in [0.5, 0.6) is 5.75 Å². The summed E-state index contributed by atoms with van der Waals surface area (Å²) in [6.45, 7) is 8.65. The summed E-state index contributed by atoms with van der Waals surface area (Å²) in [5.41, 5.74) is 6.92. The van der Waals surface area contributed by atoms with Gasteiger partial charge in [0.2, 0.25) is 11.8 Å². The van der Waals surface area contributed by atoms with Crippen molar-refractivity contribution in [1.82, 2.24) is 14.8 Å². The topological polar surface area (TPSA) is 112 Å². The largest absolute Gasteiger partial charge is 0.495 e. The number of rotatable bonds is 10. The lowest BCUT2D eigenvalue weighted by molar-refractivity contribution is -0.118. The van der Waals surface area contributed by atoms with Crippen LogP contribution in [-0.2, 0) is 22.6 Å². The van der Waals surface area contributed by atoms with Crippen molar-refractivity contribution >= 4 is 29.3 Å². The molecule has 29 heavy (non-hydrogen) atoms. The molecule has 0 radical (unpaired) electrons. The minimum atomic E-state index is -0.403. The maximum Gasteiger partial charge on any atom is 0.237 e. The Morgan fingerprint density at radius 3 is 2.62 bits per heavy atom. The van der Waals surface area contributed by atoms with Crippen LogP contribution in [0.1, 0.15) is 38.6 Å². The van der Waals surface area contributed by atoms with Gasteiger partial charge in [-0.2, -0.15) is 0 Å². The molecular formula is C20H29N5O3S. The Morgan fingerprint density at radius 2 is 2.00 bits per heavy atom. The minimum Gasteiger partial charge on any atom is -0.495 e. The number of hydrogen-bond donors (Lipinski definition) is 2. The van der Waals surface area contributed by atoms with Gasteiger partial charge in [0.15, 0.2) is 5.16 Å². The molecule has 3 N–H and O–H groups in total. The second kappa shape index (κ2) is 10.3. The summed E-state index contributed by atoms with van der Waals surface area (Å²) in [4.78, 5) is 23.9. The van der Waals surface area contributed by atoms with Crippen molar-refractivity contribution in [2.45, 2.75) is 57.5 Å². The van der Waals surface area contributed by atoms with E-state index in [0.29, 0.717) is 41.3 Å². The molecule has 9 heteroatoms. The molecule has 0 aliphatic rings. The van der Waals surface area contributed by atoms with E-state index in [1.165, 1.54) is 11.8 Å². The third-order valence-electron chi connectivity index (χ3n) is 4.20. The third kappa shape index (κ3) is 6.49. The normalized spacial score (nSPS) is 12.1. The predicted molar refractivity (Wildman–Crippen MR) is 114 cm³/mol. The van der Waals surface area contributed by atoms with Gasteiger partial charge in [-0.05, 0) is 37.5 Å². The summed E-state index contributed by atoms with van der Waals surface area (Å²) >= 11 is 1.33. The van der Waals surface area contributed by atoms with Crippen LogP contribution < -0.4 is 15.8 Å². The summed E-state index contributed by atoms with van der Waals surface area (Å²) in [5.74, 6) is 1.14. The van der Waals surface area contributed by atoms with Gasteiger partial charge in [-0.3, -0.25) is 9.59 Å². The molecule has 0 aliphatic carbocycles. The molecule has 0 spiro atoms. The number of aryl methyl sites for hydroxylation is 2. The molecule has 2 rings (SSSR count). The molecule has 158 valence electrons. The first-order valence-corrected chi connectivity index (χ1v) is 10.4. The molecule has 1 aromatic heterocycles. The number of primary amides is 1. The monoisotopic (exact) mass is 419 g/mol. The second-order valence-corrected chi connectivity index (χ2v) is 8.63. The number of carbonyl (C=O) groups excluding carboxylic acids is 2. The predicted octanol–water partition coefficient (Wildman–Crippen LogP) is 2.79. The molecule has 2 aromatic rings. The van der Waals surface area contributed by atoms with Crippen molar-refractivity contribution in [3.8, 4) is 5.75 Å². The van der Waals surface area contributed by atoms with Crippen LogP contribution in [0.2, 0.25) is 0 Å². The summed E-state index contributed by atoms with van der Waals surface area (Å²) in [6, 6.07) is 5.62. The lowest BCUT2D eigenvalue weighted by atomic mass is 10.2. The Labute approximate surface area is 175 Å². The number of benzene rings is 1. The minimum absolute atomic E-state index is 0.156. The number of hydrogen-bond acceptors (Lipinski definition) is 6. The van der Waals surface area contributed by atoms with Gasteiger partial charge >= 0.3 is 0 Å². The van der Waals surface area contributed by atoms with Gasteiger partial charge < -0.3 is 20.4 Å². The van der Waals surface area contributed by atoms with Crippen LogP contribution in [0.3, 0.4) is 0 Å². The number of carbonyl (C=O) groups is 2. The van der Waals surface area contributed by atoms with E-state index < -0.39 is 5.25 Å². The van der Waals surface area contributed by atoms with E-state index in [-0.39, 0.29) is 18.2 Å². The van der Waals surface area contributed by atoms with Gasteiger partial charge in [0.05, 0.1) is 18.0 Å². The maximum atomic E-state index is 12.7. The molecule has 8 nitrogen and oxygen atoms in total. The molecule has 0 unspecified atom stereocenters. The Bertz CT molecular complexity index is 866. The first kappa shape index (κ1) is 22.7. The fraction of sp³-hybridized carbons (Fsp3) is 0.500. The molecule has 0 saturated carbocycles. The summed E-state index contributed by atoms with van der Waals surface area (Å²) in [5, 5.41) is 11.6. The molecule has 0 bridgehead atoms. The van der Waals surface area contributed by atoms with E-state index in [4.69, 9.17) is 10.5 Å². The van der Waals surface area contributed by atoms with Crippen molar-refractivity contribution in [2.75, 3.05) is 12.4 Å². The van der Waals surface area contributed by atoms with E-state index in [9.17, 15) is 9.59 Å². The number of ether oxygens (including phenoxy) is 1. The van der Waals surface area contributed by atoms with Gasteiger partial charge in [-0.1, -0.05) is 31.7 Å². The van der Waals surface area contributed by atoms with Gasteiger partial charge in [-0.25, -0.2) is 0 Å². The number of nitrogens with one attached hydrogen (secondary N) is 1. The van der Waals surface area contributed by atoms with Crippen molar-refractivity contribution in [3.63, 3.8) is 0 Å². The third-order valence-corrected chi connectivity index (χ3v) is 5.28. The Morgan fingerprint density at radius 1 is 1.28 bits per heavy atom. The lowest BCUT2D eigenvalue weighted by Gasteiger charge is -2.16. The zero-order chi connectivity index (χ0) is 21.6. The van der Waals surface area contributed by atoms with Crippen molar-refractivity contribution in [2.24, 2.45) is 11.7 Å². The molecule has 2 amide bonds. The number of nitrogens with zero attached hydrogens (tertiary/aromatic N) is 3. The summed E-state index contributed by atoms with van der Waals surface area (Å²) in [6.07, 6.45) is 0.640. The van der Waals surface area contributed by atoms with Gasteiger partial charge in [0.25, 0.3) is 0 Å². The number of nitrogens with two attached hydrogens (primary N) is 1. The Kier molecular flexibility index (Phi) is 8.07. The van der Waals surface area contributed by atoms with E-state index in [0.717, 1.165) is 5.56 Å².